The molecule has 8 rings (SSSR count). The Labute approximate surface area is 245 Å². The maximum Gasteiger partial charge on any atom is 0.498 e. The second kappa shape index (κ2) is 9.06. The van der Waals surface area contributed by atoms with Crippen molar-refractivity contribution >= 4 is 56.1 Å². The van der Waals surface area contributed by atoms with Crippen LogP contribution in [0.1, 0.15) is 27.7 Å². The molecule has 1 saturated heterocycles. The highest BCUT2D eigenvalue weighted by Crippen LogP contribution is 2.42. The van der Waals surface area contributed by atoms with Crippen LogP contribution < -0.4 is 5.46 Å². The molecule has 1 aromatic heterocycles. The van der Waals surface area contributed by atoms with E-state index in [-0.39, 0.29) is 0 Å². The summed E-state index contributed by atoms with van der Waals surface area (Å²) in [6, 6.07) is 41.0. The number of benzene rings is 6. The number of fused-ring (bicyclic) bond motifs is 6. The molecule has 2 heterocycles. The average Bonchev–Trinajstić information content (AvgIpc) is 3.50. The lowest BCUT2D eigenvalue weighted by atomic mass is 9.78. The van der Waals surface area contributed by atoms with E-state index < -0.39 is 18.3 Å². The summed E-state index contributed by atoms with van der Waals surface area (Å²) in [4.78, 5) is 0. The Morgan fingerprint density at radius 1 is 0.500 bits per heavy atom. The molecular weight excluding hydrogens is 515 g/mol. The van der Waals surface area contributed by atoms with E-state index in [1.807, 2.05) is 0 Å². The van der Waals surface area contributed by atoms with Gasteiger partial charge in [-0.15, -0.1) is 0 Å². The van der Waals surface area contributed by atoms with Crippen LogP contribution >= 0.6 is 0 Å². The van der Waals surface area contributed by atoms with Gasteiger partial charge in [0.2, 0.25) is 0 Å². The van der Waals surface area contributed by atoms with Crippen LogP contribution in [-0.4, -0.2) is 18.3 Å². The molecule has 42 heavy (non-hydrogen) atoms. The van der Waals surface area contributed by atoms with Gasteiger partial charge in [-0.1, -0.05) is 109 Å². The van der Waals surface area contributed by atoms with Crippen LogP contribution in [0.15, 0.2) is 120 Å². The van der Waals surface area contributed by atoms with Crippen LogP contribution in [0.25, 0.3) is 65.7 Å². The second-order valence-electron chi connectivity index (χ2n) is 12.4. The maximum atomic E-state index is 6.84. The Morgan fingerprint density at radius 2 is 1.07 bits per heavy atom. The van der Waals surface area contributed by atoms with Gasteiger partial charge < -0.3 is 13.7 Å². The molecule has 7 aromatic rings. The van der Waals surface area contributed by atoms with E-state index in [0.717, 1.165) is 38.5 Å². The number of rotatable bonds is 3. The Balaban J connectivity index is 1.32. The lowest BCUT2D eigenvalue weighted by Gasteiger charge is -2.32. The molecule has 0 radical (unpaired) electrons. The van der Waals surface area contributed by atoms with Crippen molar-refractivity contribution in [1.29, 1.82) is 0 Å². The standard InChI is InChI=1S/C38H31BO3/c1-37(2)38(3,4)42-39(41-37)33-18-10-17-31-34-30-15-8-6-12-27(30)23-32(36(34)40-35(31)33)26-21-19-25(20-22-26)29-16-9-13-24-11-5-7-14-28(24)29/h5-23H,1-4H3. The first kappa shape index (κ1) is 25.3. The first-order valence-corrected chi connectivity index (χ1v) is 14.6. The summed E-state index contributed by atoms with van der Waals surface area (Å²) < 4.78 is 19.8. The zero-order valence-corrected chi connectivity index (χ0v) is 24.3. The number of hydrogen-bond donors (Lipinski definition) is 0. The Kier molecular flexibility index (Phi) is 5.47. The average molecular weight is 546 g/mol. The van der Waals surface area contributed by atoms with E-state index in [2.05, 4.69) is 143 Å². The third-order valence-electron chi connectivity index (χ3n) is 9.32. The molecule has 1 aliphatic heterocycles. The van der Waals surface area contributed by atoms with E-state index in [4.69, 9.17) is 13.7 Å². The fraction of sp³-hybridized carbons (Fsp3) is 0.158. The molecule has 0 spiro atoms. The molecule has 0 unspecified atom stereocenters. The van der Waals surface area contributed by atoms with E-state index in [1.54, 1.807) is 0 Å². The summed E-state index contributed by atoms with van der Waals surface area (Å²) in [5.74, 6) is 0. The Morgan fingerprint density at radius 3 is 1.81 bits per heavy atom. The SMILES string of the molecule is CC1(C)OB(c2cccc3c2oc2c(-c4ccc(-c5cccc6ccccc56)cc4)cc4ccccc4c23)OC1(C)C. The fourth-order valence-electron chi connectivity index (χ4n) is 6.35. The van der Waals surface area contributed by atoms with Crippen molar-refractivity contribution in [1.82, 2.24) is 0 Å². The zero-order chi connectivity index (χ0) is 28.6. The molecular formula is C38H31BO3. The van der Waals surface area contributed by atoms with Crippen LogP contribution in [-0.2, 0) is 9.31 Å². The van der Waals surface area contributed by atoms with Gasteiger partial charge in [0.05, 0.1) is 11.2 Å². The van der Waals surface area contributed by atoms with Crippen molar-refractivity contribution < 1.29 is 13.7 Å². The third kappa shape index (κ3) is 3.76. The predicted molar refractivity (Wildman–Crippen MR) is 175 cm³/mol. The summed E-state index contributed by atoms with van der Waals surface area (Å²) in [7, 11) is -0.506. The monoisotopic (exact) mass is 546 g/mol. The van der Waals surface area contributed by atoms with Gasteiger partial charge in [-0.25, -0.2) is 0 Å². The van der Waals surface area contributed by atoms with Gasteiger partial charge in [0.25, 0.3) is 0 Å². The smallest absolute Gasteiger partial charge is 0.456 e. The lowest BCUT2D eigenvalue weighted by molar-refractivity contribution is 0.00578. The van der Waals surface area contributed by atoms with Crippen LogP contribution in [0.2, 0.25) is 0 Å². The van der Waals surface area contributed by atoms with E-state index in [9.17, 15) is 0 Å². The maximum absolute atomic E-state index is 6.84. The summed E-state index contributed by atoms with van der Waals surface area (Å²) in [6.07, 6.45) is 0. The zero-order valence-electron chi connectivity index (χ0n) is 24.3. The predicted octanol–water partition coefficient (Wildman–Crippen LogP) is 9.53. The van der Waals surface area contributed by atoms with Crippen LogP contribution in [0.4, 0.5) is 0 Å². The van der Waals surface area contributed by atoms with Crippen LogP contribution in [0, 0.1) is 0 Å². The molecule has 0 bridgehead atoms. The molecule has 4 heteroatoms. The molecule has 1 aliphatic rings. The van der Waals surface area contributed by atoms with Crippen molar-refractivity contribution in [3.05, 3.63) is 115 Å². The first-order chi connectivity index (χ1) is 20.3. The molecule has 1 fully saturated rings. The fourth-order valence-corrected chi connectivity index (χ4v) is 6.35. The van der Waals surface area contributed by atoms with Gasteiger partial charge in [0, 0.05) is 21.8 Å². The van der Waals surface area contributed by atoms with Gasteiger partial charge in [0.15, 0.2) is 0 Å². The summed E-state index contributed by atoms with van der Waals surface area (Å²) >= 11 is 0. The van der Waals surface area contributed by atoms with Gasteiger partial charge in [-0.2, -0.15) is 0 Å². The van der Waals surface area contributed by atoms with Gasteiger partial charge in [-0.05, 0) is 72.0 Å². The molecule has 0 aliphatic carbocycles. The second-order valence-corrected chi connectivity index (χ2v) is 12.4. The van der Waals surface area contributed by atoms with E-state index >= 15 is 0 Å². The quantitative estimate of drug-likeness (QED) is 0.207. The number of para-hydroxylation sites is 1. The first-order valence-electron chi connectivity index (χ1n) is 14.6. The van der Waals surface area contributed by atoms with Gasteiger partial charge in [-0.3, -0.25) is 0 Å². The van der Waals surface area contributed by atoms with E-state index in [1.165, 1.54) is 32.7 Å². The normalized spacial score (nSPS) is 16.2. The Hall–Kier alpha value is -4.38. The van der Waals surface area contributed by atoms with Crippen molar-refractivity contribution in [2.75, 3.05) is 0 Å². The van der Waals surface area contributed by atoms with Crippen LogP contribution in [0.3, 0.4) is 0 Å². The molecule has 204 valence electrons. The largest absolute Gasteiger partial charge is 0.498 e. The minimum atomic E-state index is -0.506. The van der Waals surface area contributed by atoms with Crippen molar-refractivity contribution in [2.24, 2.45) is 0 Å². The Bertz CT molecular complexity index is 2130. The molecule has 3 nitrogen and oxygen atoms in total. The van der Waals surface area contributed by atoms with Crippen molar-refractivity contribution in [2.45, 2.75) is 38.9 Å². The van der Waals surface area contributed by atoms with Crippen molar-refractivity contribution in [3.63, 3.8) is 0 Å². The number of hydrogen-bond acceptors (Lipinski definition) is 3. The lowest BCUT2D eigenvalue weighted by Crippen LogP contribution is -2.41. The van der Waals surface area contributed by atoms with Gasteiger partial charge >= 0.3 is 7.12 Å². The van der Waals surface area contributed by atoms with E-state index in [0.29, 0.717) is 0 Å². The molecule has 0 N–H and O–H groups in total. The highest BCUT2D eigenvalue weighted by Gasteiger charge is 2.52. The highest BCUT2D eigenvalue weighted by atomic mass is 16.7. The summed E-state index contributed by atoms with van der Waals surface area (Å²) in [6.45, 7) is 8.33. The minimum absolute atomic E-state index is 0.435. The molecule has 0 amide bonds. The highest BCUT2D eigenvalue weighted by molar-refractivity contribution is 6.65. The van der Waals surface area contributed by atoms with Crippen LogP contribution in [0.5, 0.6) is 0 Å². The molecule has 0 saturated carbocycles. The topological polar surface area (TPSA) is 31.6 Å². The van der Waals surface area contributed by atoms with Crippen molar-refractivity contribution in [3.8, 4) is 22.3 Å². The summed E-state index contributed by atoms with van der Waals surface area (Å²) in [5.41, 5.74) is 6.37. The third-order valence-corrected chi connectivity index (χ3v) is 9.32. The summed E-state index contributed by atoms with van der Waals surface area (Å²) in [5, 5.41) is 7.05. The number of furan rings is 1. The molecule has 6 aromatic carbocycles. The molecule has 0 atom stereocenters. The van der Waals surface area contributed by atoms with Gasteiger partial charge in [0.1, 0.15) is 11.2 Å². The minimum Gasteiger partial charge on any atom is -0.456 e.